The third-order valence-corrected chi connectivity index (χ3v) is 4.27. The van der Waals surface area contributed by atoms with Crippen LogP contribution in [-0.4, -0.2) is 15.0 Å². The van der Waals surface area contributed by atoms with Crippen LogP contribution in [0.2, 0.25) is 5.02 Å². The molecule has 0 N–H and O–H groups in total. The summed E-state index contributed by atoms with van der Waals surface area (Å²) in [5.74, 6) is 0.582. The average Bonchev–Trinajstić information content (AvgIpc) is 3.08. The largest absolute Gasteiger partial charge is 0.487 e. The first kappa shape index (κ1) is 16.4. The van der Waals surface area contributed by atoms with Gasteiger partial charge in [0.05, 0.1) is 16.9 Å². The summed E-state index contributed by atoms with van der Waals surface area (Å²) in [6.07, 6.45) is 1.76. The van der Waals surface area contributed by atoms with Crippen molar-refractivity contribution < 1.29 is 9.15 Å². The molecule has 0 amide bonds. The molecule has 2 heterocycles. The van der Waals surface area contributed by atoms with Crippen molar-refractivity contribution in [1.29, 1.82) is 0 Å². The Bertz CT molecular complexity index is 1150. The third kappa shape index (κ3) is 3.19. The molecule has 4 aromatic rings. The van der Waals surface area contributed by atoms with Gasteiger partial charge in [0, 0.05) is 17.5 Å². The molecule has 0 aliphatic rings. The van der Waals surface area contributed by atoms with Crippen LogP contribution in [0.3, 0.4) is 0 Å². The number of fused-ring (bicyclic) bond motifs is 1. The number of hydrogen-bond acceptors (Lipinski definition) is 5. The summed E-state index contributed by atoms with van der Waals surface area (Å²) in [5, 5.41) is 9.63. The topological polar surface area (TPSA) is 70.2 Å². The fourth-order valence-corrected chi connectivity index (χ4v) is 2.89. The normalized spacial score (nSPS) is 11.0. The number of aryl methyl sites for hydroxylation is 1. The lowest BCUT2D eigenvalue weighted by Gasteiger charge is -2.06. The molecule has 6 nitrogen and oxygen atoms in total. The highest BCUT2D eigenvalue weighted by Gasteiger charge is 2.08. The maximum absolute atomic E-state index is 11.5. The smallest absolute Gasteiger partial charge is 0.336 e. The Balaban J connectivity index is 1.54. The van der Waals surface area contributed by atoms with Gasteiger partial charge in [0.25, 0.3) is 0 Å². The number of benzene rings is 2. The minimum absolute atomic E-state index is 0.228. The number of nitrogens with zero attached hydrogens (tertiary/aromatic N) is 3. The lowest BCUT2D eigenvalue weighted by atomic mass is 10.1. The minimum Gasteiger partial charge on any atom is -0.487 e. The molecule has 0 aliphatic carbocycles. The van der Waals surface area contributed by atoms with Gasteiger partial charge in [0.15, 0.2) is 0 Å². The predicted molar refractivity (Wildman–Crippen MR) is 97.9 cm³/mol. The van der Waals surface area contributed by atoms with E-state index in [1.54, 1.807) is 23.0 Å². The first-order chi connectivity index (χ1) is 12.6. The monoisotopic (exact) mass is 367 g/mol. The van der Waals surface area contributed by atoms with Crippen LogP contribution in [0.1, 0.15) is 11.3 Å². The van der Waals surface area contributed by atoms with Crippen molar-refractivity contribution in [1.82, 2.24) is 15.0 Å². The van der Waals surface area contributed by atoms with E-state index in [0.29, 0.717) is 22.0 Å². The van der Waals surface area contributed by atoms with E-state index in [4.69, 9.17) is 20.8 Å². The molecule has 0 saturated carbocycles. The minimum atomic E-state index is -0.380. The summed E-state index contributed by atoms with van der Waals surface area (Å²) in [5.41, 5.74) is 2.37. The Labute approximate surface area is 153 Å². The number of ether oxygens (including phenoxy) is 1. The molecule has 0 spiro atoms. The van der Waals surface area contributed by atoms with Crippen LogP contribution in [-0.2, 0) is 6.61 Å². The first-order valence-electron chi connectivity index (χ1n) is 7.93. The molecule has 0 saturated heterocycles. The zero-order valence-electron chi connectivity index (χ0n) is 13.8. The Morgan fingerprint density at radius 1 is 1.19 bits per heavy atom. The fourth-order valence-electron chi connectivity index (χ4n) is 2.67. The second-order valence-corrected chi connectivity index (χ2v) is 6.21. The van der Waals surface area contributed by atoms with E-state index in [-0.39, 0.29) is 12.2 Å². The second kappa shape index (κ2) is 6.65. The van der Waals surface area contributed by atoms with Gasteiger partial charge < -0.3 is 9.15 Å². The van der Waals surface area contributed by atoms with Crippen molar-refractivity contribution in [3.63, 3.8) is 0 Å². The average molecular weight is 368 g/mol. The van der Waals surface area contributed by atoms with E-state index < -0.39 is 0 Å². The van der Waals surface area contributed by atoms with Crippen molar-refractivity contribution in [2.45, 2.75) is 13.5 Å². The number of hydrogen-bond donors (Lipinski definition) is 0. The summed E-state index contributed by atoms with van der Waals surface area (Å²) in [6.45, 7) is 2.10. The zero-order valence-corrected chi connectivity index (χ0v) is 14.6. The van der Waals surface area contributed by atoms with E-state index in [0.717, 1.165) is 16.6 Å². The zero-order chi connectivity index (χ0) is 18.1. The van der Waals surface area contributed by atoms with Gasteiger partial charge >= 0.3 is 5.63 Å². The first-order valence-corrected chi connectivity index (χ1v) is 8.31. The van der Waals surface area contributed by atoms with Gasteiger partial charge in [-0.3, -0.25) is 0 Å². The van der Waals surface area contributed by atoms with Crippen molar-refractivity contribution in [3.8, 4) is 11.4 Å². The van der Waals surface area contributed by atoms with Gasteiger partial charge in [-0.05, 0) is 36.8 Å². The molecule has 2 aromatic heterocycles. The highest BCUT2D eigenvalue weighted by Crippen LogP contribution is 2.23. The van der Waals surface area contributed by atoms with E-state index in [9.17, 15) is 4.79 Å². The van der Waals surface area contributed by atoms with Crippen LogP contribution < -0.4 is 10.4 Å². The quantitative estimate of drug-likeness (QED) is 0.511. The van der Waals surface area contributed by atoms with E-state index in [1.807, 2.05) is 37.3 Å². The molecule has 0 unspecified atom stereocenters. The van der Waals surface area contributed by atoms with Gasteiger partial charge in [0.1, 0.15) is 23.6 Å². The highest BCUT2D eigenvalue weighted by molar-refractivity contribution is 6.32. The number of halogens is 1. The van der Waals surface area contributed by atoms with E-state index >= 15 is 0 Å². The second-order valence-electron chi connectivity index (χ2n) is 5.80. The maximum atomic E-state index is 11.5. The van der Waals surface area contributed by atoms with Crippen LogP contribution in [0.4, 0.5) is 0 Å². The molecule has 26 heavy (non-hydrogen) atoms. The Morgan fingerprint density at radius 3 is 2.88 bits per heavy atom. The van der Waals surface area contributed by atoms with Crippen molar-refractivity contribution in [2.75, 3.05) is 0 Å². The Kier molecular flexibility index (Phi) is 4.18. The van der Waals surface area contributed by atoms with Crippen LogP contribution in [0.15, 0.2) is 63.9 Å². The molecule has 0 bridgehead atoms. The van der Waals surface area contributed by atoms with E-state index in [1.165, 1.54) is 6.07 Å². The molecular formula is C19H14ClN3O3. The van der Waals surface area contributed by atoms with E-state index in [2.05, 4.69) is 10.3 Å². The van der Waals surface area contributed by atoms with Crippen LogP contribution in [0.25, 0.3) is 16.7 Å². The summed E-state index contributed by atoms with van der Waals surface area (Å²) in [4.78, 5) is 11.5. The van der Waals surface area contributed by atoms with Crippen LogP contribution in [0.5, 0.6) is 5.75 Å². The number of rotatable bonds is 4. The predicted octanol–water partition coefficient (Wildman–Crippen LogP) is 3.91. The van der Waals surface area contributed by atoms with Crippen molar-refractivity contribution >= 4 is 22.6 Å². The molecule has 2 aromatic carbocycles. The van der Waals surface area contributed by atoms with Gasteiger partial charge in [-0.2, -0.15) is 0 Å². The van der Waals surface area contributed by atoms with Crippen molar-refractivity contribution in [2.24, 2.45) is 0 Å². The third-order valence-electron chi connectivity index (χ3n) is 3.95. The molecule has 0 radical (unpaired) electrons. The van der Waals surface area contributed by atoms with Crippen molar-refractivity contribution in [3.05, 3.63) is 81.4 Å². The van der Waals surface area contributed by atoms with Gasteiger partial charge in [-0.1, -0.05) is 28.9 Å². The van der Waals surface area contributed by atoms with Gasteiger partial charge in [-0.15, -0.1) is 5.10 Å². The summed E-state index contributed by atoms with van der Waals surface area (Å²) >= 11 is 6.17. The maximum Gasteiger partial charge on any atom is 0.336 e. The highest BCUT2D eigenvalue weighted by atomic mass is 35.5. The fraction of sp³-hybridized carbons (Fsp3) is 0.105. The summed E-state index contributed by atoms with van der Waals surface area (Å²) < 4.78 is 12.6. The summed E-state index contributed by atoms with van der Waals surface area (Å²) in [7, 11) is 0. The molecule has 7 heteroatoms. The molecular weight excluding hydrogens is 354 g/mol. The molecule has 0 aliphatic heterocycles. The SMILES string of the molecule is Cc1cc(=O)oc2cc(OCc3cn(-c4ccccc4Cl)nn3)ccc12. The number of para-hydroxylation sites is 1. The Hall–Kier alpha value is -3.12. The Morgan fingerprint density at radius 2 is 2.04 bits per heavy atom. The summed E-state index contributed by atoms with van der Waals surface area (Å²) in [6, 6.07) is 14.2. The standard InChI is InChI=1S/C19H14ClN3O3/c1-12-8-19(24)26-18-9-14(6-7-15(12)18)25-11-13-10-23(22-21-13)17-5-3-2-4-16(17)20/h2-10H,11H2,1H3. The molecule has 130 valence electrons. The lowest BCUT2D eigenvalue weighted by molar-refractivity contribution is 0.301. The molecule has 0 fully saturated rings. The number of aromatic nitrogens is 3. The van der Waals surface area contributed by atoms with Gasteiger partial charge in [-0.25, -0.2) is 9.48 Å². The lowest BCUT2D eigenvalue weighted by Crippen LogP contribution is -1.99. The van der Waals surface area contributed by atoms with Crippen LogP contribution in [0, 0.1) is 6.92 Å². The van der Waals surface area contributed by atoms with Crippen LogP contribution >= 0.6 is 11.6 Å². The molecule has 0 atom stereocenters. The van der Waals surface area contributed by atoms with Gasteiger partial charge in [0.2, 0.25) is 0 Å². The molecule has 4 rings (SSSR count).